The van der Waals surface area contributed by atoms with E-state index in [-0.39, 0.29) is 16.8 Å². The minimum Gasteiger partial charge on any atom is -0.466 e. The maximum absolute atomic E-state index is 12.4. The third-order valence-corrected chi connectivity index (χ3v) is 5.49. The molecule has 0 spiro atoms. The number of nitrogens with zero attached hydrogens (tertiary/aromatic N) is 2. The van der Waals surface area contributed by atoms with Crippen molar-refractivity contribution in [2.45, 2.75) is 31.6 Å². The van der Waals surface area contributed by atoms with Gasteiger partial charge in [-0.25, -0.2) is 8.42 Å². The van der Waals surface area contributed by atoms with Crippen LogP contribution in [0.1, 0.15) is 25.5 Å². The predicted octanol–water partition coefficient (Wildman–Crippen LogP) is 0.682. The fourth-order valence-electron chi connectivity index (χ4n) is 2.33. The zero-order valence-electron chi connectivity index (χ0n) is 11.6. The maximum Gasteiger partial charge on any atom is 0.309 e. The molecule has 0 amide bonds. The molecule has 0 atom stereocenters. The number of carbonyl (C=O) groups excluding carboxylic acids is 1. The number of ether oxygens (including phenoxy) is 1. The van der Waals surface area contributed by atoms with E-state index < -0.39 is 10.0 Å². The monoisotopic (exact) mass is 301 g/mol. The number of hydrogen-bond acceptors (Lipinski definition) is 5. The van der Waals surface area contributed by atoms with Gasteiger partial charge in [0.25, 0.3) is 0 Å². The molecule has 1 aliphatic heterocycles. The summed E-state index contributed by atoms with van der Waals surface area (Å²) in [5.41, 5.74) is 0.525. The number of esters is 1. The molecule has 1 N–H and O–H groups in total. The highest BCUT2D eigenvalue weighted by molar-refractivity contribution is 7.89. The molecule has 0 aliphatic carbocycles. The molecule has 0 saturated carbocycles. The SMILES string of the molecule is CCOC(=O)C1CCN(S(=O)(=O)c2cn[nH]c2C)CC1. The lowest BCUT2D eigenvalue weighted by Gasteiger charge is -2.29. The molecule has 8 heteroatoms. The summed E-state index contributed by atoms with van der Waals surface area (Å²) in [7, 11) is -3.52. The number of aromatic amines is 1. The highest BCUT2D eigenvalue weighted by Gasteiger charge is 2.33. The molecule has 1 aromatic heterocycles. The van der Waals surface area contributed by atoms with Crippen LogP contribution in [-0.4, -0.2) is 48.6 Å². The molecule has 7 nitrogen and oxygen atoms in total. The van der Waals surface area contributed by atoms with E-state index in [0.717, 1.165) is 0 Å². The van der Waals surface area contributed by atoms with Crippen LogP contribution in [0.4, 0.5) is 0 Å². The van der Waals surface area contributed by atoms with Gasteiger partial charge in [0.2, 0.25) is 10.0 Å². The van der Waals surface area contributed by atoms with Crippen LogP contribution in [0.5, 0.6) is 0 Å². The van der Waals surface area contributed by atoms with Crippen molar-refractivity contribution in [2.75, 3.05) is 19.7 Å². The van der Waals surface area contributed by atoms with Gasteiger partial charge >= 0.3 is 5.97 Å². The molecule has 0 bridgehead atoms. The van der Waals surface area contributed by atoms with E-state index in [9.17, 15) is 13.2 Å². The summed E-state index contributed by atoms with van der Waals surface area (Å²) in [5, 5.41) is 6.37. The molecule has 0 radical (unpaired) electrons. The average molecular weight is 301 g/mol. The van der Waals surface area contributed by atoms with Gasteiger partial charge in [0, 0.05) is 13.1 Å². The van der Waals surface area contributed by atoms with Crippen LogP contribution in [0.3, 0.4) is 0 Å². The van der Waals surface area contributed by atoms with Gasteiger partial charge in [-0.15, -0.1) is 0 Å². The van der Waals surface area contributed by atoms with Gasteiger partial charge in [0.15, 0.2) is 0 Å². The van der Waals surface area contributed by atoms with Gasteiger partial charge in [-0.3, -0.25) is 9.89 Å². The number of aryl methyl sites for hydroxylation is 1. The Kier molecular flexibility index (Phi) is 4.44. The van der Waals surface area contributed by atoms with Crippen molar-refractivity contribution < 1.29 is 17.9 Å². The van der Waals surface area contributed by atoms with E-state index in [1.165, 1.54) is 10.5 Å². The standard InChI is InChI=1S/C12H19N3O4S/c1-3-19-12(16)10-4-6-15(7-5-10)20(17,18)11-8-13-14-9(11)2/h8,10H,3-7H2,1-2H3,(H,13,14). The van der Waals surface area contributed by atoms with Gasteiger partial charge in [-0.05, 0) is 26.7 Å². The number of rotatable bonds is 4. The molecule has 0 unspecified atom stereocenters. The zero-order valence-corrected chi connectivity index (χ0v) is 12.4. The van der Waals surface area contributed by atoms with Crippen LogP contribution in [0.25, 0.3) is 0 Å². The van der Waals surface area contributed by atoms with Gasteiger partial charge in [0.1, 0.15) is 4.90 Å². The summed E-state index contributed by atoms with van der Waals surface area (Å²) in [6.07, 6.45) is 2.31. The molecule has 1 aliphatic rings. The first-order valence-electron chi connectivity index (χ1n) is 6.63. The second-order valence-electron chi connectivity index (χ2n) is 4.79. The lowest BCUT2D eigenvalue weighted by molar-refractivity contribution is -0.149. The first-order chi connectivity index (χ1) is 9.46. The Morgan fingerprint density at radius 3 is 2.65 bits per heavy atom. The van der Waals surface area contributed by atoms with E-state index >= 15 is 0 Å². The second-order valence-corrected chi connectivity index (χ2v) is 6.70. The van der Waals surface area contributed by atoms with Crippen LogP contribution in [0.15, 0.2) is 11.1 Å². The van der Waals surface area contributed by atoms with Crippen molar-refractivity contribution in [3.63, 3.8) is 0 Å². The first-order valence-corrected chi connectivity index (χ1v) is 8.07. The predicted molar refractivity (Wildman–Crippen MR) is 71.4 cm³/mol. The molecule has 2 rings (SSSR count). The molecule has 20 heavy (non-hydrogen) atoms. The Hall–Kier alpha value is -1.41. The summed E-state index contributed by atoms with van der Waals surface area (Å²) in [6.45, 7) is 4.45. The van der Waals surface area contributed by atoms with Gasteiger partial charge in [-0.1, -0.05) is 0 Å². The quantitative estimate of drug-likeness (QED) is 0.826. The Bertz CT molecular complexity index is 573. The lowest BCUT2D eigenvalue weighted by Crippen LogP contribution is -2.40. The van der Waals surface area contributed by atoms with Crippen LogP contribution in [-0.2, 0) is 19.6 Å². The fourth-order valence-corrected chi connectivity index (χ4v) is 3.92. The molecule has 1 fully saturated rings. The van der Waals surface area contributed by atoms with Crippen molar-refractivity contribution in [2.24, 2.45) is 5.92 Å². The number of sulfonamides is 1. The number of hydrogen-bond donors (Lipinski definition) is 1. The molecule has 1 saturated heterocycles. The van der Waals surface area contributed by atoms with E-state index in [0.29, 0.717) is 38.2 Å². The number of piperidine rings is 1. The first kappa shape index (κ1) is 15.0. The minimum absolute atomic E-state index is 0.201. The molecule has 112 valence electrons. The Balaban J connectivity index is 2.04. The third kappa shape index (κ3) is 2.85. The van der Waals surface area contributed by atoms with Crippen molar-refractivity contribution >= 4 is 16.0 Å². The highest BCUT2D eigenvalue weighted by atomic mass is 32.2. The Labute approximate surface area is 118 Å². The maximum atomic E-state index is 12.4. The van der Waals surface area contributed by atoms with Crippen molar-refractivity contribution in [3.8, 4) is 0 Å². The second kappa shape index (κ2) is 5.92. The summed E-state index contributed by atoms with van der Waals surface area (Å²) in [4.78, 5) is 11.8. The van der Waals surface area contributed by atoms with Crippen LogP contribution in [0, 0.1) is 12.8 Å². The lowest BCUT2D eigenvalue weighted by atomic mass is 9.98. The number of aromatic nitrogens is 2. The minimum atomic E-state index is -3.52. The zero-order chi connectivity index (χ0) is 14.8. The smallest absolute Gasteiger partial charge is 0.309 e. The molecule has 2 heterocycles. The fraction of sp³-hybridized carbons (Fsp3) is 0.667. The summed E-state index contributed by atoms with van der Waals surface area (Å²) < 4.78 is 31.2. The average Bonchev–Trinajstić information content (AvgIpc) is 2.86. The largest absolute Gasteiger partial charge is 0.466 e. The summed E-state index contributed by atoms with van der Waals surface area (Å²) in [6, 6.07) is 0. The number of nitrogens with one attached hydrogen (secondary N) is 1. The number of H-pyrrole nitrogens is 1. The highest BCUT2D eigenvalue weighted by Crippen LogP contribution is 2.25. The molecule has 0 aromatic carbocycles. The van der Waals surface area contributed by atoms with E-state index in [4.69, 9.17) is 4.74 Å². The Morgan fingerprint density at radius 1 is 1.50 bits per heavy atom. The normalized spacial score (nSPS) is 18.1. The van der Waals surface area contributed by atoms with E-state index in [1.807, 2.05) is 0 Å². The van der Waals surface area contributed by atoms with E-state index in [2.05, 4.69) is 10.2 Å². The van der Waals surface area contributed by atoms with Gasteiger partial charge < -0.3 is 4.74 Å². The Morgan fingerprint density at radius 2 is 2.15 bits per heavy atom. The molecular weight excluding hydrogens is 282 g/mol. The van der Waals surface area contributed by atoms with Gasteiger partial charge in [0.05, 0.1) is 24.4 Å². The van der Waals surface area contributed by atoms with Gasteiger partial charge in [-0.2, -0.15) is 9.40 Å². The summed E-state index contributed by atoms with van der Waals surface area (Å²) >= 11 is 0. The molecule has 1 aromatic rings. The van der Waals surface area contributed by atoms with Crippen LogP contribution >= 0.6 is 0 Å². The van der Waals surface area contributed by atoms with Crippen molar-refractivity contribution in [3.05, 3.63) is 11.9 Å². The third-order valence-electron chi connectivity index (χ3n) is 3.48. The molecular formula is C12H19N3O4S. The van der Waals surface area contributed by atoms with E-state index in [1.54, 1.807) is 13.8 Å². The topological polar surface area (TPSA) is 92.4 Å². The summed E-state index contributed by atoms with van der Waals surface area (Å²) in [5.74, 6) is -0.434. The van der Waals surface area contributed by atoms with Crippen molar-refractivity contribution in [1.82, 2.24) is 14.5 Å². The van der Waals surface area contributed by atoms with Crippen LogP contribution < -0.4 is 0 Å². The van der Waals surface area contributed by atoms with Crippen LogP contribution in [0.2, 0.25) is 0 Å². The van der Waals surface area contributed by atoms with Crippen molar-refractivity contribution in [1.29, 1.82) is 0 Å². The number of carbonyl (C=O) groups is 1.